The number of carbonyl (C=O) groups excluding carboxylic acids is 1. The Hall–Kier alpha value is -0.630. The van der Waals surface area contributed by atoms with Gasteiger partial charge in [-0.1, -0.05) is 52.4 Å². The lowest BCUT2D eigenvalue weighted by Crippen LogP contribution is -1.99. The van der Waals surface area contributed by atoms with Crippen LogP contribution in [0.4, 0.5) is 0 Å². The molecule has 0 aliphatic heterocycles. The summed E-state index contributed by atoms with van der Waals surface area (Å²) in [4.78, 5) is 10.1. The molecule has 0 fully saturated rings. The van der Waals surface area contributed by atoms with Crippen LogP contribution in [0.1, 0.15) is 6.92 Å². The van der Waals surface area contributed by atoms with Gasteiger partial charge in [0.15, 0.2) is 0 Å². The van der Waals surface area contributed by atoms with Crippen molar-refractivity contribution in [3.63, 3.8) is 0 Å². The van der Waals surface area contributed by atoms with Gasteiger partial charge in [-0.05, 0) is 6.92 Å². The van der Waals surface area contributed by atoms with Gasteiger partial charge in [-0.2, -0.15) is 0 Å². The lowest BCUT2D eigenvalue weighted by molar-refractivity contribution is -0.106. The number of alkyl halides is 1. The van der Waals surface area contributed by atoms with Gasteiger partial charge in [0.25, 0.3) is 0 Å². The van der Waals surface area contributed by atoms with Gasteiger partial charge in [0.05, 0.1) is 4.83 Å². The summed E-state index contributed by atoms with van der Waals surface area (Å²) in [5.41, 5.74) is 0.984. The van der Waals surface area contributed by atoms with E-state index in [0.717, 1.165) is 11.9 Å². The third-order valence-electron chi connectivity index (χ3n) is 1.16. The van der Waals surface area contributed by atoms with Crippen LogP contribution in [-0.4, -0.2) is 11.1 Å². The van der Waals surface area contributed by atoms with Crippen LogP contribution in [0.2, 0.25) is 0 Å². The molecular formula is C9H11BrO. The minimum Gasteiger partial charge on any atom is -0.302 e. The average Bonchev–Trinajstić information content (AvgIpc) is 2.03. The molecule has 60 valence electrons. The number of hydrogen-bond donors (Lipinski definition) is 0. The molecule has 1 nitrogen and oxygen atoms in total. The molecule has 0 aromatic heterocycles. The first-order chi connectivity index (χ1) is 5.22. The molecular weight excluding hydrogens is 204 g/mol. The Morgan fingerprint density at radius 3 is 2.64 bits per heavy atom. The normalized spacial score (nSPS) is 14.9. The summed E-state index contributed by atoms with van der Waals surface area (Å²) >= 11 is 3.20. The van der Waals surface area contributed by atoms with E-state index in [1.165, 1.54) is 0 Å². The number of hydrogen-bond acceptors (Lipinski definition) is 1. The predicted octanol–water partition coefficient (Wildman–Crippen LogP) is 2.64. The summed E-state index contributed by atoms with van der Waals surface area (Å²) in [5.74, 6) is 0. The van der Waals surface area contributed by atoms with Gasteiger partial charge in [0.1, 0.15) is 6.29 Å². The standard InChI is InChI=1S/C9H11BrO/c1-3-4-5-6-8(2)9(10)7-11/h3-7,9H,1H2,2H3/b5-4-,8-6+. The SMILES string of the molecule is C=C/C=C\C=C(/C)C(Br)C=O. The zero-order valence-electron chi connectivity index (χ0n) is 6.46. The Morgan fingerprint density at radius 2 is 2.18 bits per heavy atom. The summed E-state index contributed by atoms with van der Waals surface area (Å²) in [6.45, 7) is 5.42. The molecule has 0 bridgehead atoms. The van der Waals surface area contributed by atoms with Crippen LogP contribution in [0.15, 0.2) is 36.5 Å². The highest BCUT2D eigenvalue weighted by Crippen LogP contribution is 2.08. The van der Waals surface area contributed by atoms with Crippen molar-refractivity contribution in [1.82, 2.24) is 0 Å². The first-order valence-corrected chi connectivity index (χ1v) is 4.19. The highest BCUT2D eigenvalue weighted by atomic mass is 79.9. The summed E-state index contributed by atoms with van der Waals surface area (Å²) in [6, 6.07) is 0. The van der Waals surface area contributed by atoms with Crippen LogP contribution >= 0.6 is 15.9 Å². The van der Waals surface area contributed by atoms with Gasteiger partial charge in [-0.25, -0.2) is 0 Å². The molecule has 0 spiro atoms. The second-order valence-electron chi connectivity index (χ2n) is 2.07. The molecule has 0 heterocycles. The average molecular weight is 215 g/mol. The molecule has 0 aromatic rings. The Labute approximate surface area is 75.6 Å². The van der Waals surface area contributed by atoms with Gasteiger partial charge in [-0.3, -0.25) is 0 Å². The van der Waals surface area contributed by atoms with E-state index in [-0.39, 0.29) is 4.83 Å². The van der Waals surface area contributed by atoms with Crippen LogP contribution < -0.4 is 0 Å². The Morgan fingerprint density at radius 1 is 1.55 bits per heavy atom. The molecule has 0 aliphatic carbocycles. The lowest BCUT2D eigenvalue weighted by atomic mass is 10.2. The summed E-state index contributed by atoms with van der Waals surface area (Å²) < 4.78 is 0. The van der Waals surface area contributed by atoms with E-state index in [2.05, 4.69) is 22.5 Å². The molecule has 0 amide bonds. The monoisotopic (exact) mass is 214 g/mol. The van der Waals surface area contributed by atoms with Crippen molar-refractivity contribution >= 4 is 22.2 Å². The third-order valence-corrected chi connectivity index (χ3v) is 2.10. The maximum Gasteiger partial charge on any atom is 0.137 e. The van der Waals surface area contributed by atoms with E-state index in [0.29, 0.717) is 0 Å². The fourth-order valence-corrected chi connectivity index (χ4v) is 0.638. The van der Waals surface area contributed by atoms with Gasteiger partial charge < -0.3 is 4.79 Å². The predicted molar refractivity (Wildman–Crippen MR) is 51.9 cm³/mol. The second-order valence-corrected chi connectivity index (χ2v) is 3.06. The number of allylic oxidation sites excluding steroid dienone is 5. The molecule has 0 N–H and O–H groups in total. The van der Waals surface area contributed by atoms with Crippen molar-refractivity contribution < 1.29 is 4.79 Å². The van der Waals surface area contributed by atoms with E-state index in [1.54, 1.807) is 6.08 Å². The van der Waals surface area contributed by atoms with Crippen molar-refractivity contribution in [2.45, 2.75) is 11.8 Å². The number of aldehydes is 1. The zero-order valence-corrected chi connectivity index (χ0v) is 8.04. The number of carbonyl (C=O) groups is 1. The van der Waals surface area contributed by atoms with E-state index in [1.807, 2.05) is 25.2 Å². The van der Waals surface area contributed by atoms with Crippen molar-refractivity contribution in [3.8, 4) is 0 Å². The summed E-state index contributed by atoms with van der Waals surface area (Å²) in [6.07, 6.45) is 8.07. The lowest BCUT2D eigenvalue weighted by Gasteiger charge is -1.98. The van der Waals surface area contributed by atoms with Gasteiger partial charge in [0, 0.05) is 0 Å². The van der Waals surface area contributed by atoms with Crippen LogP contribution in [0.5, 0.6) is 0 Å². The molecule has 0 rings (SSSR count). The van der Waals surface area contributed by atoms with Crippen molar-refractivity contribution in [1.29, 1.82) is 0 Å². The Balaban J connectivity index is 4.09. The van der Waals surface area contributed by atoms with Crippen LogP contribution in [-0.2, 0) is 4.79 Å². The third kappa shape index (κ3) is 4.73. The zero-order chi connectivity index (χ0) is 8.69. The van der Waals surface area contributed by atoms with Crippen molar-refractivity contribution in [3.05, 3.63) is 36.5 Å². The van der Waals surface area contributed by atoms with E-state index < -0.39 is 0 Å². The largest absolute Gasteiger partial charge is 0.302 e. The van der Waals surface area contributed by atoms with Gasteiger partial charge >= 0.3 is 0 Å². The highest BCUT2D eigenvalue weighted by molar-refractivity contribution is 9.10. The quantitative estimate of drug-likeness (QED) is 0.400. The highest BCUT2D eigenvalue weighted by Gasteiger charge is 2.00. The van der Waals surface area contributed by atoms with E-state index >= 15 is 0 Å². The van der Waals surface area contributed by atoms with Crippen LogP contribution in [0.3, 0.4) is 0 Å². The number of halogens is 1. The molecule has 1 atom stereocenters. The Bertz CT molecular complexity index is 192. The topological polar surface area (TPSA) is 17.1 Å². The molecule has 0 aromatic carbocycles. The Kier molecular flexibility index (Phi) is 5.75. The molecule has 1 unspecified atom stereocenters. The number of rotatable bonds is 4. The molecule has 2 heteroatoms. The smallest absolute Gasteiger partial charge is 0.137 e. The van der Waals surface area contributed by atoms with Crippen LogP contribution in [0.25, 0.3) is 0 Å². The summed E-state index contributed by atoms with van der Waals surface area (Å²) in [7, 11) is 0. The molecule has 0 aliphatic rings. The molecule has 11 heavy (non-hydrogen) atoms. The molecule has 0 radical (unpaired) electrons. The van der Waals surface area contributed by atoms with E-state index in [4.69, 9.17) is 0 Å². The van der Waals surface area contributed by atoms with E-state index in [9.17, 15) is 4.79 Å². The fraction of sp³-hybridized carbons (Fsp3) is 0.222. The fourth-order valence-electron chi connectivity index (χ4n) is 0.485. The minimum absolute atomic E-state index is 0.169. The minimum atomic E-state index is -0.169. The second kappa shape index (κ2) is 6.10. The first-order valence-electron chi connectivity index (χ1n) is 3.27. The first kappa shape index (κ1) is 10.4. The summed E-state index contributed by atoms with van der Waals surface area (Å²) in [5, 5.41) is 0. The van der Waals surface area contributed by atoms with Gasteiger partial charge in [0.2, 0.25) is 0 Å². The van der Waals surface area contributed by atoms with Crippen LogP contribution in [0, 0.1) is 0 Å². The van der Waals surface area contributed by atoms with Gasteiger partial charge in [-0.15, -0.1) is 0 Å². The maximum atomic E-state index is 10.2. The molecule has 0 saturated heterocycles. The maximum absolute atomic E-state index is 10.2. The molecule has 0 saturated carbocycles. The van der Waals surface area contributed by atoms with Crippen molar-refractivity contribution in [2.24, 2.45) is 0 Å². The van der Waals surface area contributed by atoms with Crippen molar-refractivity contribution in [2.75, 3.05) is 0 Å².